The molecule has 3 N–H and O–H groups in total. The highest BCUT2D eigenvalue weighted by Crippen LogP contribution is 2.45. The molecule has 0 amide bonds. The highest BCUT2D eigenvalue weighted by molar-refractivity contribution is 5.78. The molecule has 0 spiro atoms. The Balaban J connectivity index is 2.57. The number of hydrogen-bond donors (Lipinski definition) is 2. The molecule has 2 aromatic rings. The molecule has 0 bridgehead atoms. The SMILES string of the molecule is Nc1ccc2nc(C(C(F)(F)F)C(F)(F)F)[nH]c2c1. The minimum atomic E-state index is -5.47. The van der Waals surface area contributed by atoms with Crippen molar-refractivity contribution < 1.29 is 26.3 Å². The molecule has 0 radical (unpaired) electrons. The van der Waals surface area contributed by atoms with E-state index in [2.05, 4.69) is 4.98 Å². The molecule has 0 aliphatic carbocycles. The molecule has 0 atom stereocenters. The lowest BCUT2D eigenvalue weighted by atomic mass is 10.1. The number of hydrogen-bond acceptors (Lipinski definition) is 2. The van der Waals surface area contributed by atoms with Crippen LogP contribution in [0.1, 0.15) is 11.7 Å². The summed E-state index contributed by atoms with van der Waals surface area (Å²) in [7, 11) is 0. The summed E-state index contributed by atoms with van der Waals surface area (Å²) in [5.41, 5.74) is 5.61. The van der Waals surface area contributed by atoms with Gasteiger partial charge in [-0.1, -0.05) is 0 Å². The van der Waals surface area contributed by atoms with Gasteiger partial charge in [0.15, 0.2) is 0 Å². The van der Waals surface area contributed by atoms with E-state index in [0.717, 1.165) is 0 Å². The molecule has 104 valence electrons. The van der Waals surface area contributed by atoms with Gasteiger partial charge >= 0.3 is 12.4 Å². The van der Waals surface area contributed by atoms with Crippen LogP contribution in [0.3, 0.4) is 0 Å². The maximum atomic E-state index is 12.5. The number of nitrogens with zero attached hydrogens (tertiary/aromatic N) is 1. The van der Waals surface area contributed by atoms with Gasteiger partial charge in [-0.25, -0.2) is 4.98 Å². The summed E-state index contributed by atoms with van der Waals surface area (Å²) in [5, 5.41) is 0. The number of nitrogens with one attached hydrogen (secondary N) is 1. The Morgan fingerprint density at radius 1 is 1.05 bits per heavy atom. The maximum absolute atomic E-state index is 12.5. The van der Waals surface area contributed by atoms with Crippen LogP contribution in [0.2, 0.25) is 0 Å². The molecule has 0 aliphatic heterocycles. The zero-order valence-electron chi connectivity index (χ0n) is 9.10. The van der Waals surface area contributed by atoms with Gasteiger partial charge in [-0.3, -0.25) is 0 Å². The van der Waals surface area contributed by atoms with Crippen LogP contribution in [0.25, 0.3) is 11.0 Å². The smallest absolute Gasteiger partial charge is 0.399 e. The number of nitrogens with two attached hydrogens (primary N) is 1. The van der Waals surface area contributed by atoms with Crippen LogP contribution >= 0.6 is 0 Å². The van der Waals surface area contributed by atoms with Crippen molar-refractivity contribution >= 4 is 16.7 Å². The molecule has 0 saturated carbocycles. The second-order valence-corrected chi connectivity index (χ2v) is 3.91. The molecular weight excluding hydrogens is 276 g/mol. The Bertz CT molecular complexity index is 583. The minimum Gasteiger partial charge on any atom is -0.399 e. The lowest BCUT2D eigenvalue weighted by Gasteiger charge is -2.20. The number of halogens is 6. The first-order valence-electron chi connectivity index (χ1n) is 4.97. The van der Waals surface area contributed by atoms with Gasteiger partial charge in [0, 0.05) is 5.69 Å². The molecule has 0 saturated heterocycles. The number of H-pyrrole nitrogens is 1. The Labute approximate surface area is 102 Å². The molecule has 0 fully saturated rings. The van der Waals surface area contributed by atoms with Crippen molar-refractivity contribution in [3.05, 3.63) is 24.0 Å². The second-order valence-electron chi connectivity index (χ2n) is 3.91. The molecule has 2 rings (SSSR count). The van der Waals surface area contributed by atoms with Crippen molar-refractivity contribution in [1.29, 1.82) is 0 Å². The van der Waals surface area contributed by atoms with Crippen molar-refractivity contribution in [2.24, 2.45) is 0 Å². The number of aromatic nitrogens is 2. The quantitative estimate of drug-likeness (QED) is 0.623. The standard InChI is InChI=1S/C10H7F6N3/c11-9(12,13)7(10(14,15)16)8-18-5-2-1-4(17)3-6(5)19-8/h1-3,7H,17H2,(H,18,19). The largest absolute Gasteiger partial charge is 0.407 e. The highest BCUT2D eigenvalue weighted by Gasteiger charge is 2.59. The predicted molar refractivity (Wildman–Crippen MR) is 55.4 cm³/mol. The van der Waals surface area contributed by atoms with E-state index < -0.39 is 24.1 Å². The number of aromatic amines is 1. The van der Waals surface area contributed by atoms with Crippen LogP contribution in [0, 0.1) is 0 Å². The minimum absolute atomic E-state index is 0.0114. The van der Waals surface area contributed by atoms with Crippen molar-refractivity contribution in [1.82, 2.24) is 9.97 Å². The van der Waals surface area contributed by atoms with Crippen LogP contribution in [0.4, 0.5) is 32.0 Å². The summed E-state index contributed by atoms with van der Waals surface area (Å²) in [5.74, 6) is -4.84. The van der Waals surface area contributed by atoms with Crippen molar-refractivity contribution in [2.75, 3.05) is 5.73 Å². The summed E-state index contributed by atoms with van der Waals surface area (Å²) in [6, 6.07) is 3.80. The third kappa shape index (κ3) is 2.59. The van der Waals surface area contributed by atoms with Gasteiger partial charge < -0.3 is 10.7 Å². The third-order valence-corrected chi connectivity index (χ3v) is 2.45. The first-order chi connectivity index (χ1) is 8.59. The third-order valence-electron chi connectivity index (χ3n) is 2.45. The Morgan fingerprint density at radius 2 is 1.63 bits per heavy atom. The number of alkyl halides is 6. The van der Waals surface area contributed by atoms with Gasteiger partial charge in [0.1, 0.15) is 5.82 Å². The lowest BCUT2D eigenvalue weighted by Crippen LogP contribution is -2.34. The van der Waals surface area contributed by atoms with E-state index in [4.69, 9.17) is 5.73 Å². The van der Waals surface area contributed by atoms with Gasteiger partial charge in [0.25, 0.3) is 0 Å². The molecule has 3 nitrogen and oxygen atoms in total. The number of imidazole rings is 1. The molecule has 19 heavy (non-hydrogen) atoms. The fourth-order valence-electron chi connectivity index (χ4n) is 1.68. The highest BCUT2D eigenvalue weighted by atomic mass is 19.4. The van der Waals surface area contributed by atoms with Gasteiger partial charge in [0.2, 0.25) is 5.92 Å². The molecule has 0 unspecified atom stereocenters. The van der Waals surface area contributed by atoms with E-state index in [9.17, 15) is 26.3 Å². The molecule has 1 aromatic heterocycles. The number of rotatable bonds is 1. The fraction of sp³-hybridized carbons (Fsp3) is 0.300. The average Bonchev–Trinajstić information content (AvgIpc) is 2.54. The van der Waals surface area contributed by atoms with Crippen LogP contribution in [-0.2, 0) is 0 Å². The Hall–Kier alpha value is -1.93. The maximum Gasteiger partial charge on any atom is 0.407 e. The Kier molecular flexibility index (Phi) is 2.87. The lowest BCUT2D eigenvalue weighted by molar-refractivity contribution is -0.255. The van der Waals surface area contributed by atoms with Gasteiger partial charge in [-0.2, -0.15) is 26.3 Å². The summed E-state index contributed by atoms with van der Waals surface area (Å²) < 4.78 is 75.0. The number of anilines is 1. The average molecular weight is 283 g/mol. The summed E-state index contributed by atoms with van der Waals surface area (Å²) >= 11 is 0. The number of benzene rings is 1. The molecule has 1 heterocycles. The van der Waals surface area contributed by atoms with E-state index in [1.54, 1.807) is 0 Å². The first kappa shape index (κ1) is 13.5. The normalized spacial score (nSPS) is 13.4. The predicted octanol–water partition coefficient (Wildman–Crippen LogP) is 3.35. The van der Waals surface area contributed by atoms with Crippen LogP contribution in [-0.4, -0.2) is 22.3 Å². The van der Waals surface area contributed by atoms with E-state index in [1.165, 1.54) is 18.2 Å². The Morgan fingerprint density at radius 3 is 2.16 bits per heavy atom. The van der Waals surface area contributed by atoms with Gasteiger partial charge in [-0.05, 0) is 18.2 Å². The zero-order valence-corrected chi connectivity index (χ0v) is 9.10. The van der Waals surface area contributed by atoms with Crippen LogP contribution in [0.15, 0.2) is 18.2 Å². The number of nitrogen functional groups attached to an aromatic ring is 1. The van der Waals surface area contributed by atoms with Crippen LogP contribution in [0.5, 0.6) is 0 Å². The molecule has 1 aromatic carbocycles. The van der Waals surface area contributed by atoms with Crippen molar-refractivity contribution in [3.63, 3.8) is 0 Å². The van der Waals surface area contributed by atoms with Gasteiger partial charge in [-0.15, -0.1) is 0 Å². The summed E-state index contributed by atoms with van der Waals surface area (Å²) in [4.78, 5) is 5.35. The summed E-state index contributed by atoms with van der Waals surface area (Å²) in [6.45, 7) is 0. The number of fused-ring (bicyclic) bond motifs is 1. The fourth-order valence-corrected chi connectivity index (χ4v) is 1.68. The molecule has 9 heteroatoms. The van der Waals surface area contributed by atoms with Gasteiger partial charge in [0.05, 0.1) is 11.0 Å². The molecule has 0 aliphatic rings. The monoisotopic (exact) mass is 283 g/mol. The van der Waals surface area contributed by atoms with Crippen molar-refractivity contribution in [2.45, 2.75) is 18.3 Å². The first-order valence-corrected chi connectivity index (χ1v) is 4.97. The summed E-state index contributed by atoms with van der Waals surface area (Å²) in [6.07, 6.45) is -10.9. The van der Waals surface area contributed by atoms with E-state index in [-0.39, 0.29) is 16.7 Å². The zero-order chi connectivity index (χ0) is 14.4. The van der Waals surface area contributed by atoms with E-state index >= 15 is 0 Å². The topological polar surface area (TPSA) is 54.7 Å². The van der Waals surface area contributed by atoms with E-state index in [1.807, 2.05) is 4.98 Å². The van der Waals surface area contributed by atoms with Crippen LogP contribution < -0.4 is 5.73 Å². The molecular formula is C10H7F6N3. The van der Waals surface area contributed by atoms with Crippen molar-refractivity contribution in [3.8, 4) is 0 Å². The van der Waals surface area contributed by atoms with E-state index in [0.29, 0.717) is 0 Å². The second kappa shape index (κ2) is 4.04.